The molecule has 8 heteroatoms. The molecule has 0 atom stereocenters. The van der Waals surface area contributed by atoms with Gasteiger partial charge in [0, 0.05) is 18.7 Å². The average molecular weight is 383 g/mol. The van der Waals surface area contributed by atoms with Gasteiger partial charge in [0.1, 0.15) is 5.82 Å². The first-order valence-corrected chi connectivity index (χ1v) is 9.56. The molecule has 0 aromatic heterocycles. The summed E-state index contributed by atoms with van der Waals surface area (Å²) in [5.74, 6) is -0.960. The molecule has 1 amide bonds. The van der Waals surface area contributed by atoms with Gasteiger partial charge in [0.15, 0.2) is 0 Å². The van der Waals surface area contributed by atoms with Crippen LogP contribution in [0.2, 0.25) is 5.02 Å². The predicted octanol–water partition coefficient (Wildman–Crippen LogP) is 3.52. The van der Waals surface area contributed by atoms with Crippen molar-refractivity contribution >= 4 is 33.2 Å². The van der Waals surface area contributed by atoms with Gasteiger partial charge in [-0.25, -0.2) is 12.8 Å². The Bertz CT molecular complexity index is 895. The normalized spacial score (nSPS) is 15.3. The number of hydrogen-bond donors (Lipinski definition) is 1. The molecule has 1 aliphatic rings. The molecule has 2 aromatic rings. The molecule has 1 N–H and O–H groups in total. The van der Waals surface area contributed by atoms with Crippen molar-refractivity contribution in [1.29, 1.82) is 0 Å². The smallest absolute Gasteiger partial charge is 0.255 e. The second-order valence-corrected chi connectivity index (χ2v) is 8.06. The summed E-state index contributed by atoms with van der Waals surface area (Å²) >= 11 is 5.88. The Morgan fingerprint density at radius 1 is 1.08 bits per heavy atom. The minimum atomic E-state index is -3.51. The van der Waals surface area contributed by atoms with Crippen molar-refractivity contribution in [2.24, 2.45) is 0 Å². The summed E-state index contributed by atoms with van der Waals surface area (Å²) in [4.78, 5) is 12.4. The lowest BCUT2D eigenvalue weighted by molar-refractivity contribution is 0.102. The Balaban J connectivity index is 1.76. The van der Waals surface area contributed by atoms with E-state index in [-0.39, 0.29) is 21.2 Å². The molecule has 1 saturated heterocycles. The quantitative estimate of drug-likeness (QED) is 0.879. The van der Waals surface area contributed by atoms with Crippen LogP contribution in [0.25, 0.3) is 0 Å². The van der Waals surface area contributed by atoms with E-state index in [1.807, 2.05) is 0 Å². The predicted molar refractivity (Wildman–Crippen MR) is 93.8 cm³/mol. The maximum absolute atomic E-state index is 13.0. The fourth-order valence-corrected chi connectivity index (χ4v) is 4.37. The van der Waals surface area contributed by atoms with E-state index in [2.05, 4.69) is 5.32 Å². The number of nitrogens with zero attached hydrogens (tertiary/aromatic N) is 1. The second kappa shape index (κ2) is 7.11. The highest BCUT2D eigenvalue weighted by atomic mass is 35.5. The number of halogens is 2. The summed E-state index contributed by atoms with van der Waals surface area (Å²) in [5, 5.41) is 2.65. The standard InChI is InChI=1S/C17H16ClFN2O3S/c18-15-11-13(19)5-8-16(15)20-17(22)12-3-6-14(7-4-12)25(23,24)21-9-1-2-10-21/h3-8,11H,1-2,9-10H2,(H,20,22). The Labute approximate surface area is 150 Å². The number of amides is 1. The monoisotopic (exact) mass is 382 g/mol. The molecule has 3 rings (SSSR count). The number of carbonyl (C=O) groups is 1. The van der Waals surface area contributed by atoms with Gasteiger partial charge >= 0.3 is 0 Å². The molecule has 25 heavy (non-hydrogen) atoms. The topological polar surface area (TPSA) is 66.5 Å². The van der Waals surface area contributed by atoms with Crippen LogP contribution in [0.15, 0.2) is 47.4 Å². The molecule has 2 aromatic carbocycles. The van der Waals surface area contributed by atoms with Gasteiger partial charge in [-0.3, -0.25) is 4.79 Å². The summed E-state index contributed by atoms with van der Waals surface area (Å²) in [7, 11) is -3.51. The van der Waals surface area contributed by atoms with Crippen LogP contribution < -0.4 is 5.32 Å². The van der Waals surface area contributed by atoms with Gasteiger partial charge in [0.05, 0.1) is 15.6 Å². The third-order valence-corrected chi connectivity index (χ3v) is 6.22. The lowest BCUT2D eigenvalue weighted by Crippen LogP contribution is -2.27. The first-order valence-electron chi connectivity index (χ1n) is 7.74. The number of sulfonamides is 1. The van der Waals surface area contributed by atoms with Gasteiger partial charge < -0.3 is 5.32 Å². The van der Waals surface area contributed by atoms with E-state index in [9.17, 15) is 17.6 Å². The van der Waals surface area contributed by atoms with Gasteiger partial charge in [-0.15, -0.1) is 0 Å². The molecule has 0 spiro atoms. The van der Waals surface area contributed by atoms with Crippen LogP contribution in [0, 0.1) is 5.82 Å². The maximum atomic E-state index is 13.0. The molecule has 1 heterocycles. The number of hydrogen-bond acceptors (Lipinski definition) is 3. The minimum absolute atomic E-state index is 0.0848. The van der Waals surface area contributed by atoms with Gasteiger partial charge in [-0.2, -0.15) is 4.31 Å². The van der Waals surface area contributed by atoms with E-state index >= 15 is 0 Å². The lowest BCUT2D eigenvalue weighted by Gasteiger charge is -2.15. The van der Waals surface area contributed by atoms with Crippen molar-refractivity contribution in [2.75, 3.05) is 18.4 Å². The van der Waals surface area contributed by atoms with E-state index < -0.39 is 21.7 Å². The number of anilines is 1. The van der Waals surface area contributed by atoms with Crippen LogP contribution >= 0.6 is 11.6 Å². The van der Waals surface area contributed by atoms with Crippen molar-refractivity contribution in [3.8, 4) is 0 Å². The number of carbonyl (C=O) groups excluding carboxylic acids is 1. The summed E-state index contributed by atoms with van der Waals surface area (Å²) < 4.78 is 39.4. The molecule has 0 radical (unpaired) electrons. The van der Waals surface area contributed by atoms with E-state index in [1.54, 1.807) is 0 Å². The zero-order chi connectivity index (χ0) is 18.0. The molecule has 0 aliphatic carbocycles. The third kappa shape index (κ3) is 3.84. The van der Waals surface area contributed by atoms with Crippen molar-refractivity contribution in [1.82, 2.24) is 4.31 Å². The molecule has 0 unspecified atom stereocenters. The SMILES string of the molecule is O=C(Nc1ccc(F)cc1Cl)c1ccc(S(=O)(=O)N2CCCC2)cc1. The van der Waals surface area contributed by atoms with Crippen molar-refractivity contribution in [2.45, 2.75) is 17.7 Å². The number of rotatable bonds is 4. The Morgan fingerprint density at radius 3 is 2.32 bits per heavy atom. The fraction of sp³-hybridized carbons (Fsp3) is 0.235. The summed E-state index contributed by atoms with van der Waals surface area (Å²) in [6.45, 7) is 1.04. The highest BCUT2D eigenvalue weighted by molar-refractivity contribution is 7.89. The van der Waals surface area contributed by atoms with Gasteiger partial charge in [0.2, 0.25) is 10.0 Å². The first-order chi connectivity index (χ1) is 11.9. The number of benzene rings is 2. The van der Waals surface area contributed by atoms with Crippen LogP contribution in [-0.4, -0.2) is 31.7 Å². The van der Waals surface area contributed by atoms with Gasteiger partial charge in [-0.05, 0) is 55.3 Å². The zero-order valence-corrected chi connectivity index (χ0v) is 14.8. The van der Waals surface area contributed by atoms with Crippen LogP contribution in [0.3, 0.4) is 0 Å². The van der Waals surface area contributed by atoms with Gasteiger partial charge in [-0.1, -0.05) is 11.6 Å². The molecular formula is C17H16ClFN2O3S. The summed E-state index contributed by atoms with van der Waals surface area (Å²) in [5.41, 5.74) is 0.558. The highest BCUT2D eigenvalue weighted by Gasteiger charge is 2.27. The van der Waals surface area contributed by atoms with Crippen LogP contribution in [-0.2, 0) is 10.0 Å². The Hall–Kier alpha value is -1.96. The molecule has 1 aliphatic heterocycles. The molecule has 0 bridgehead atoms. The van der Waals surface area contributed by atoms with E-state index in [4.69, 9.17) is 11.6 Å². The second-order valence-electron chi connectivity index (χ2n) is 5.71. The number of nitrogens with one attached hydrogen (secondary N) is 1. The minimum Gasteiger partial charge on any atom is -0.321 e. The molecule has 132 valence electrons. The van der Waals surface area contributed by atoms with Crippen molar-refractivity contribution in [3.63, 3.8) is 0 Å². The summed E-state index contributed by atoms with van der Waals surface area (Å²) in [6, 6.07) is 9.35. The van der Waals surface area contributed by atoms with Crippen LogP contribution in [0.1, 0.15) is 23.2 Å². The third-order valence-electron chi connectivity index (χ3n) is 4.00. The first kappa shape index (κ1) is 17.8. The van der Waals surface area contributed by atoms with Crippen molar-refractivity contribution < 1.29 is 17.6 Å². The highest BCUT2D eigenvalue weighted by Crippen LogP contribution is 2.24. The Morgan fingerprint density at radius 2 is 1.72 bits per heavy atom. The Kier molecular flexibility index (Phi) is 5.08. The van der Waals surface area contributed by atoms with Gasteiger partial charge in [0.25, 0.3) is 5.91 Å². The molecule has 5 nitrogen and oxygen atoms in total. The van der Waals surface area contributed by atoms with Crippen LogP contribution in [0.5, 0.6) is 0 Å². The molecule has 1 fully saturated rings. The van der Waals surface area contributed by atoms with Crippen LogP contribution in [0.4, 0.5) is 10.1 Å². The molecular weight excluding hydrogens is 367 g/mol. The van der Waals surface area contributed by atoms with E-state index in [1.165, 1.54) is 40.7 Å². The zero-order valence-electron chi connectivity index (χ0n) is 13.2. The maximum Gasteiger partial charge on any atom is 0.255 e. The fourth-order valence-electron chi connectivity index (χ4n) is 2.64. The van der Waals surface area contributed by atoms with E-state index in [0.717, 1.165) is 18.9 Å². The average Bonchev–Trinajstić information content (AvgIpc) is 3.13. The van der Waals surface area contributed by atoms with E-state index in [0.29, 0.717) is 13.1 Å². The molecule has 0 saturated carbocycles. The largest absolute Gasteiger partial charge is 0.321 e. The lowest BCUT2D eigenvalue weighted by atomic mass is 10.2. The van der Waals surface area contributed by atoms with Crippen molar-refractivity contribution in [3.05, 3.63) is 58.9 Å². The summed E-state index contributed by atoms with van der Waals surface area (Å²) in [6.07, 6.45) is 1.72.